The minimum atomic E-state index is -0.0359. The topological polar surface area (TPSA) is 50.4 Å². The average molecular weight is 250 g/mol. The smallest absolute Gasteiger partial charge is 0.251 e. The Bertz CT molecular complexity index is 367. The Morgan fingerprint density at radius 3 is 2.83 bits per heavy atom. The van der Waals surface area contributed by atoms with E-state index in [9.17, 15) is 4.79 Å². The highest BCUT2D eigenvalue weighted by Gasteiger charge is 2.05. The number of hydrogen-bond donors (Lipinski definition) is 2. The number of nitrogens with one attached hydrogen (secondary N) is 2. The molecule has 0 aliphatic rings. The molecule has 0 atom stereocenters. The molecule has 2 N–H and O–H groups in total. The fourth-order valence-electron chi connectivity index (χ4n) is 1.64. The molecule has 0 unspecified atom stereocenters. The molecule has 0 bridgehead atoms. The van der Waals surface area contributed by atoms with Gasteiger partial charge in [-0.2, -0.15) is 0 Å². The molecule has 0 aliphatic heterocycles. The summed E-state index contributed by atoms with van der Waals surface area (Å²) in [6.45, 7) is 5.08. The molecule has 18 heavy (non-hydrogen) atoms. The van der Waals surface area contributed by atoms with E-state index >= 15 is 0 Å². The zero-order chi connectivity index (χ0) is 13.2. The van der Waals surface area contributed by atoms with Crippen molar-refractivity contribution in [2.75, 3.05) is 26.7 Å². The first kappa shape index (κ1) is 14.7. The fraction of sp³-hybridized carbons (Fsp3) is 0.500. The van der Waals surface area contributed by atoms with E-state index in [0.717, 1.165) is 25.1 Å². The van der Waals surface area contributed by atoms with Gasteiger partial charge < -0.3 is 15.4 Å². The number of ether oxygens (including phenoxy) is 1. The predicted octanol–water partition coefficient (Wildman–Crippen LogP) is 1.56. The van der Waals surface area contributed by atoms with Crippen molar-refractivity contribution in [2.24, 2.45) is 0 Å². The van der Waals surface area contributed by atoms with E-state index in [0.29, 0.717) is 18.7 Å². The molecule has 4 heteroatoms. The first-order valence-electron chi connectivity index (χ1n) is 6.34. The SMILES string of the molecule is CCCNCCNC(=O)c1cccc(COC)c1. The molecular weight excluding hydrogens is 228 g/mol. The van der Waals surface area contributed by atoms with Gasteiger partial charge in [0.1, 0.15) is 0 Å². The molecule has 0 heterocycles. The normalized spacial score (nSPS) is 10.3. The molecular formula is C14H22N2O2. The van der Waals surface area contributed by atoms with Gasteiger partial charge in [-0.05, 0) is 30.7 Å². The molecule has 4 nitrogen and oxygen atoms in total. The van der Waals surface area contributed by atoms with Crippen molar-refractivity contribution < 1.29 is 9.53 Å². The first-order valence-corrected chi connectivity index (χ1v) is 6.34. The summed E-state index contributed by atoms with van der Waals surface area (Å²) < 4.78 is 5.05. The highest BCUT2D eigenvalue weighted by atomic mass is 16.5. The second kappa shape index (κ2) is 8.66. The van der Waals surface area contributed by atoms with Crippen LogP contribution in [0, 0.1) is 0 Å². The lowest BCUT2D eigenvalue weighted by Gasteiger charge is -2.07. The van der Waals surface area contributed by atoms with Crippen LogP contribution in [0.15, 0.2) is 24.3 Å². The highest BCUT2D eigenvalue weighted by Crippen LogP contribution is 2.06. The molecule has 1 aromatic rings. The number of hydrogen-bond acceptors (Lipinski definition) is 3. The maximum atomic E-state index is 11.9. The third-order valence-corrected chi connectivity index (χ3v) is 2.51. The van der Waals surface area contributed by atoms with Crippen molar-refractivity contribution in [2.45, 2.75) is 20.0 Å². The van der Waals surface area contributed by atoms with Gasteiger partial charge in [0.2, 0.25) is 0 Å². The fourth-order valence-corrected chi connectivity index (χ4v) is 1.64. The van der Waals surface area contributed by atoms with Crippen LogP contribution in [-0.4, -0.2) is 32.7 Å². The maximum absolute atomic E-state index is 11.9. The van der Waals surface area contributed by atoms with Gasteiger partial charge in [0, 0.05) is 25.8 Å². The number of benzene rings is 1. The Morgan fingerprint density at radius 1 is 1.28 bits per heavy atom. The molecule has 0 radical (unpaired) electrons. The zero-order valence-electron chi connectivity index (χ0n) is 11.2. The van der Waals surface area contributed by atoms with Gasteiger partial charge in [-0.25, -0.2) is 0 Å². The molecule has 0 saturated heterocycles. The molecule has 0 saturated carbocycles. The lowest BCUT2D eigenvalue weighted by molar-refractivity contribution is 0.0953. The largest absolute Gasteiger partial charge is 0.380 e. The minimum Gasteiger partial charge on any atom is -0.380 e. The Hall–Kier alpha value is -1.39. The minimum absolute atomic E-state index is 0.0359. The van der Waals surface area contributed by atoms with Crippen LogP contribution in [0.3, 0.4) is 0 Å². The standard InChI is InChI=1S/C14H22N2O2/c1-3-7-15-8-9-16-14(17)13-6-4-5-12(10-13)11-18-2/h4-6,10,15H,3,7-9,11H2,1-2H3,(H,16,17). The summed E-state index contributed by atoms with van der Waals surface area (Å²) in [6, 6.07) is 7.49. The lowest BCUT2D eigenvalue weighted by atomic mass is 10.1. The monoisotopic (exact) mass is 250 g/mol. The third-order valence-electron chi connectivity index (χ3n) is 2.51. The molecule has 1 amide bonds. The Balaban J connectivity index is 2.38. The van der Waals surface area contributed by atoms with Gasteiger partial charge in [-0.3, -0.25) is 4.79 Å². The van der Waals surface area contributed by atoms with Gasteiger partial charge in [0.15, 0.2) is 0 Å². The molecule has 100 valence electrons. The van der Waals surface area contributed by atoms with E-state index in [1.807, 2.05) is 24.3 Å². The Kier molecular flexibility index (Phi) is 7.06. The van der Waals surface area contributed by atoms with E-state index in [4.69, 9.17) is 4.74 Å². The van der Waals surface area contributed by atoms with Crippen molar-refractivity contribution in [1.82, 2.24) is 10.6 Å². The number of amides is 1. The van der Waals surface area contributed by atoms with E-state index in [1.165, 1.54) is 0 Å². The van der Waals surface area contributed by atoms with Crippen LogP contribution in [-0.2, 0) is 11.3 Å². The number of rotatable bonds is 8. The van der Waals surface area contributed by atoms with Gasteiger partial charge in [-0.15, -0.1) is 0 Å². The molecule has 1 aromatic carbocycles. The number of methoxy groups -OCH3 is 1. The predicted molar refractivity (Wildman–Crippen MR) is 72.6 cm³/mol. The van der Waals surface area contributed by atoms with Gasteiger partial charge in [0.05, 0.1) is 6.61 Å². The summed E-state index contributed by atoms with van der Waals surface area (Å²) in [5.41, 5.74) is 1.69. The van der Waals surface area contributed by atoms with E-state index < -0.39 is 0 Å². The summed E-state index contributed by atoms with van der Waals surface area (Å²) >= 11 is 0. The van der Waals surface area contributed by atoms with Crippen LogP contribution < -0.4 is 10.6 Å². The van der Waals surface area contributed by atoms with Crippen molar-refractivity contribution >= 4 is 5.91 Å². The first-order chi connectivity index (χ1) is 8.77. The molecule has 0 spiro atoms. The van der Waals surface area contributed by atoms with Crippen molar-refractivity contribution in [3.05, 3.63) is 35.4 Å². The van der Waals surface area contributed by atoms with Crippen LogP contribution in [0.2, 0.25) is 0 Å². The van der Waals surface area contributed by atoms with E-state index in [1.54, 1.807) is 7.11 Å². The summed E-state index contributed by atoms with van der Waals surface area (Å²) in [5, 5.41) is 6.12. The van der Waals surface area contributed by atoms with Crippen LogP contribution >= 0.6 is 0 Å². The molecule has 1 rings (SSSR count). The zero-order valence-corrected chi connectivity index (χ0v) is 11.2. The second-order valence-corrected chi connectivity index (χ2v) is 4.14. The molecule has 0 aliphatic carbocycles. The van der Waals surface area contributed by atoms with Crippen LogP contribution in [0.25, 0.3) is 0 Å². The third kappa shape index (κ3) is 5.29. The summed E-state index contributed by atoms with van der Waals surface area (Å²) in [4.78, 5) is 11.9. The van der Waals surface area contributed by atoms with Crippen molar-refractivity contribution in [1.29, 1.82) is 0 Å². The van der Waals surface area contributed by atoms with Gasteiger partial charge >= 0.3 is 0 Å². The quantitative estimate of drug-likeness (QED) is 0.688. The summed E-state index contributed by atoms with van der Waals surface area (Å²) in [6.07, 6.45) is 1.10. The Morgan fingerprint density at radius 2 is 2.11 bits per heavy atom. The van der Waals surface area contributed by atoms with Crippen LogP contribution in [0.1, 0.15) is 29.3 Å². The van der Waals surface area contributed by atoms with Gasteiger partial charge in [0.25, 0.3) is 5.91 Å². The molecule has 0 fully saturated rings. The summed E-state index contributed by atoms with van der Waals surface area (Å²) in [5.74, 6) is -0.0359. The Labute approximate surface area is 109 Å². The van der Waals surface area contributed by atoms with Crippen LogP contribution in [0.4, 0.5) is 0 Å². The second-order valence-electron chi connectivity index (χ2n) is 4.14. The average Bonchev–Trinajstić information content (AvgIpc) is 2.39. The maximum Gasteiger partial charge on any atom is 0.251 e. The number of carbonyl (C=O) groups is 1. The van der Waals surface area contributed by atoms with Crippen molar-refractivity contribution in [3.8, 4) is 0 Å². The highest BCUT2D eigenvalue weighted by molar-refractivity contribution is 5.94. The van der Waals surface area contributed by atoms with Gasteiger partial charge in [-0.1, -0.05) is 19.1 Å². The summed E-state index contributed by atoms with van der Waals surface area (Å²) in [7, 11) is 1.64. The number of carbonyl (C=O) groups excluding carboxylic acids is 1. The van der Waals surface area contributed by atoms with Crippen LogP contribution in [0.5, 0.6) is 0 Å². The van der Waals surface area contributed by atoms with E-state index in [2.05, 4.69) is 17.6 Å². The van der Waals surface area contributed by atoms with Crippen molar-refractivity contribution in [3.63, 3.8) is 0 Å². The van der Waals surface area contributed by atoms with E-state index in [-0.39, 0.29) is 5.91 Å². The lowest BCUT2D eigenvalue weighted by Crippen LogP contribution is -2.32. The molecule has 0 aromatic heterocycles.